The minimum absolute atomic E-state index is 0.159. The molecular formula is C23H16BrN3O5. The predicted molar refractivity (Wildman–Crippen MR) is 120 cm³/mol. The number of para-hydroxylation sites is 1. The zero-order valence-corrected chi connectivity index (χ0v) is 18.1. The van der Waals surface area contributed by atoms with E-state index in [0.717, 1.165) is 20.6 Å². The summed E-state index contributed by atoms with van der Waals surface area (Å²) in [5, 5.41) is 12.8. The van der Waals surface area contributed by atoms with Crippen LogP contribution in [0.5, 0.6) is 0 Å². The molecule has 0 bridgehead atoms. The maximum atomic E-state index is 13.5. The Balaban J connectivity index is 1.58. The van der Waals surface area contributed by atoms with Crippen molar-refractivity contribution in [1.82, 2.24) is 0 Å². The number of fused-ring (bicyclic) bond motifs is 1. The molecule has 0 aliphatic carbocycles. The summed E-state index contributed by atoms with van der Waals surface area (Å²) in [4.78, 5) is 44.5. The zero-order valence-electron chi connectivity index (χ0n) is 16.5. The van der Waals surface area contributed by atoms with Crippen molar-refractivity contribution in [2.75, 3.05) is 9.96 Å². The second-order valence-electron chi connectivity index (χ2n) is 7.50. The van der Waals surface area contributed by atoms with Gasteiger partial charge in [0.1, 0.15) is 5.92 Å². The smallest absolute Gasteiger partial charge is 0.271 e. The van der Waals surface area contributed by atoms with Gasteiger partial charge in [0.15, 0.2) is 6.10 Å². The summed E-state index contributed by atoms with van der Waals surface area (Å²) in [6, 6.07) is 21.7. The summed E-state index contributed by atoms with van der Waals surface area (Å²) >= 11 is 3.47. The molecule has 32 heavy (non-hydrogen) atoms. The summed E-state index contributed by atoms with van der Waals surface area (Å²) in [5.74, 6) is -1.81. The molecule has 9 heteroatoms. The van der Waals surface area contributed by atoms with Gasteiger partial charge in [0.25, 0.3) is 11.6 Å². The lowest BCUT2D eigenvalue weighted by Crippen LogP contribution is -2.37. The van der Waals surface area contributed by atoms with Crippen molar-refractivity contribution >= 4 is 44.8 Å². The Kier molecular flexibility index (Phi) is 4.99. The first kappa shape index (κ1) is 20.3. The zero-order chi connectivity index (χ0) is 22.4. The Morgan fingerprint density at radius 1 is 0.875 bits per heavy atom. The Hall–Kier alpha value is -3.56. The van der Waals surface area contributed by atoms with E-state index in [1.807, 2.05) is 54.6 Å². The highest BCUT2D eigenvalue weighted by Gasteiger charge is 2.60. The van der Waals surface area contributed by atoms with Gasteiger partial charge >= 0.3 is 0 Å². The SMILES string of the molecule is O=C1C2ON(c3ccccc3)C(c3cccc(Br)c3)C2C(=O)N1c1cccc([N+](=O)[O-])c1. The summed E-state index contributed by atoms with van der Waals surface area (Å²) in [6.45, 7) is 0. The van der Waals surface area contributed by atoms with E-state index in [2.05, 4.69) is 15.9 Å². The number of nitro groups is 1. The van der Waals surface area contributed by atoms with Crippen molar-refractivity contribution in [2.45, 2.75) is 12.1 Å². The molecule has 3 aromatic rings. The molecule has 3 aromatic carbocycles. The number of nitrogens with zero attached hydrogens (tertiary/aromatic N) is 3. The molecule has 2 amide bonds. The summed E-state index contributed by atoms with van der Waals surface area (Å²) in [6.07, 6.45) is -1.04. The van der Waals surface area contributed by atoms with Crippen molar-refractivity contribution in [3.63, 3.8) is 0 Å². The molecule has 2 aliphatic heterocycles. The fraction of sp³-hybridized carbons (Fsp3) is 0.130. The number of carbonyl (C=O) groups is 2. The van der Waals surface area contributed by atoms with Crippen molar-refractivity contribution < 1.29 is 19.3 Å². The fourth-order valence-electron chi connectivity index (χ4n) is 4.24. The van der Waals surface area contributed by atoms with E-state index in [1.54, 1.807) is 5.06 Å². The highest BCUT2D eigenvalue weighted by molar-refractivity contribution is 9.10. The van der Waals surface area contributed by atoms with Crippen molar-refractivity contribution in [2.24, 2.45) is 5.92 Å². The minimum atomic E-state index is -1.04. The number of amides is 2. The first-order valence-corrected chi connectivity index (χ1v) is 10.6. The molecule has 0 spiro atoms. The number of halogens is 1. The maximum Gasteiger partial charge on any atom is 0.271 e. The van der Waals surface area contributed by atoms with Crippen LogP contribution in [0.3, 0.4) is 0 Å². The van der Waals surface area contributed by atoms with E-state index in [9.17, 15) is 19.7 Å². The number of hydrogen-bond donors (Lipinski definition) is 0. The summed E-state index contributed by atoms with van der Waals surface area (Å²) in [5.41, 5.74) is 1.48. The van der Waals surface area contributed by atoms with Crippen molar-refractivity contribution in [3.8, 4) is 0 Å². The number of non-ortho nitro benzene ring substituents is 1. The summed E-state index contributed by atoms with van der Waals surface area (Å²) in [7, 11) is 0. The van der Waals surface area contributed by atoms with Gasteiger partial charge in [-0.2, -0.15) is 0 Å². The Morgan fingerprint density at radius 2 is 1.59 bits per heavy atom. The van der Waals surface area contributed by atoms with Gasteiger partial charge in [-0.15, -0.1) is 0 Å². The number of rotatable bonds is 4. The molecule has 0 radical (unpaired) electrons. The van der Waals surface area contributed by atoms with E-state index >= 15 is 0 Å². The lowest BCUT2D eigenvalue weighted by Gasteiger charge is -2.28. The monoisotopic (exact) mass is 493 g/mol. The largest absolute Gasteiger partial charge is 0.273 e. The highest BCUT2D eigenvalue weighted by Crippen LogP contribution is 2.48. The van der Waals surface area contributed by atoms with E-state index < -0.39 is 34.8 Å². The number of hydroxylamine groups is 1. The quantitative estimate of drug-likeness (QED) is 0.303. The van der Waals surface area contributed by atoms with E-state index in [0.29, 0.717) is 0 Å². The average Bonchev–Trinajstić information content (AvgIpc) is 3.30. The van der Waals surface area contributed by atoms with Gasteiger partial charge in [-0.05, 0) is 35.9 Å². The van der Waals surface area contributed by atoms with Crippen LogP contribution in [0.15, 0.2) is 83.3 Å². The van der Waals surface area contributed by atoms with Crippen LogP contribution in [0.4, 0.5) is 17.1 Å². The first-order chi connectivity index (χ1) is 15.5. The molecule has 8 nitrogen and oxygen atoms in total. The van der Waals surface area contributed by atoms with Crippen LogP contribution < -0.4 is 9.96 Å². The predicted octanol–water partition coefficient (Wildman–Crippen LogP) is 4.41. The van der Waals surface area contributed by atoms with Gasteiger partial charge in [0.05, 0.1) is 22.3 Å². The van der Waals surface area contributed by atoms with Crippen LogP contribution in [0.25, 0.3) is 0 Å². The molecule has 0 saturated carbocycles. The third kappa shape index (κ3) is 3.26. The lowest BCUT2D eigenvalue weighted by molar-refractivity contribution is -0.384. The molecule has 3 unspecified atom stereocenters. The van der Waals surface area contributed by atoms with E-state index in [1.165, 1.54) is 24.3 Å². The number of nitro benzene ring substituents is 1. The number of anilines is 2. The van der Waals surface area contributed by atoms with Crippen molar-refractivity contribution in [1.29, 1.82) is 0 Å². The van der Waals surface area contributed by atoms with Gasteiger partial charge < -0.3 is 0 Å². The van der Waals surface area contributed by atoms with Crippen LogP contribution in [0, 0.1) is 16.0 Å². The normalized spacial score (nSPS) is 22.3. The molecule has 0 N–H and O–H groups in total. The third-order valence-electron chi connectivity index (χ3n) is 5.62. The molecule has 160 valence electrons. The van der Waals surface area contributed by atoms with Gasteiger partial charge in [-0.3, -0.25) is 24.5 Å². The van der Waals surface area contributed by atoms with E-state index in [-0.39, 0.29) is 11.4 Å². The Labute approximate surface area is 191 Å². The third-order valence-corrected chi connectivity index (χ3v) is 6.11. The number of imide groups is 1. The van der Waals surface area contributed by atoms with Gasteiger partial charge in [0.2, 0.25) is 5.91 Å². The lowest BCUT2D eigenvalue weighted by atomic mass is 9.90. The van der Waals surface area contributed by atoms with Gasteiger partial charge in [-0.25, -0.2) is 9.96 Å². The van der Waals surface area contributed by atoms with Crippen LogP contribution in [-0.2, 0) is 14.4 Å². The topological polar surface area (TPSA) is 93.0 Å². The molecule has 0 aromatic heterocycles. The molecular weight excluding hydrogens is 478 g/mol. The minimum Gasteiger partial charge on any atom is -0.273 e. The molecule has 2 fully saturated rings. The highest BCUT2D eigenvalue weighted by atomic mass is 79.9. The average molecular weight is 494 g/mol. The Bertz CT molecular complexity index is 1240. The second-order valence-corrected chi connectivity index (χ2v) is 8.42. The fourth-order valence-corrected chi connectivity index (χ4v) is 4.66. The molecule has 2 heterocycles. The first-order valence-electron chi connectivity index (χ1n) is 9.84. The van der Waals surface area contributed by atoms with Crippen LogP contribution in [0.2, 0.25) is 0 Å². The standard InChI is InChI=1S/C23H16BrN3O5/c24-15-7-4-6-14(12-15)20-19-21(32-26(20)16-8-2-1-3-9-16)23(29)25(22(19)28)17-10-5-11-18(13-17)27(30)31/h1-13,19-21H. The van der Waals surface area contributed by atoms with Crippen LogP contribution >= 0.6 is 15.9 Å². The van der Waals surface area contributed by atoms with Gasteiger partial charge in [0, 0.05) is 16.6 Å². The molecule has 5 rings (SSSR count). The number of benzene rings is 3. The molecule has 2 aliphatic rings. The summed E-state index contributed by atoms with van der Waals surface area (Å²) < 4.78 is 0.832. The maximum absolute atomic E-state index is 13.5. The number of hydrogen-bond acceptors (Lipinski definition) is 6. The van der Waals surface area contributed by atoms with Crippen molar-refractivity contribution in [3.05, 3.63) is 99.0 Å². The van der Waals surface area contributed by atoms with Gasteiger partial charge in [-0.1, -0.05) is 52.3 Å². The van der Waals surface area contributed by atoms with Crippen LogP contribution in [0.1, 0.15) is 11.6 Å². The molecule has 2 saturated heterocycles. The second kappa shape index (κ2) is 7.85. The number of carbonyl (C=O) groups excluding carboxylic acids is 2. The van der Waals surface area contributed by atoms with E-state index in [4.69, 9.17) is 4.84 Å². The molecule has 3 atom stereocenters. The Morgan fingerprint density at radius 3 is 2.31 bits per heavy atom. The van der Waals surface area contributed by atoms with Crippen LogP contribution in [-0.4, -0.2) is 22.8 Å².